The number of nitrogens with zero attached hydrogens (tertiary/aromatic N) is 1. The molecule has 0 aliphatic rings. The van der Waals surface area contributed by atoms with Gasteiger partial charge in [0.1, 0.15) is 0 Å². The molecule has 1 unspecified atom stereocenters. The average Bonchev–Trinajstić information content (AvgIpc) is 2.30. The second-order valence-electron chi connectivity index (χ2n) is 5.71. The average molecular weight is 239 g/mol. The zero-order chi connectivity index (χ0) is 13.3. The summed E-state index contributed by atoms with van der Waals surface area (Å²) in [6.45, 7) is 12.4. The number of rotatable bonds is 9. The van der Waals surface area contributed by atoms with E-state index in [9.17, 15) is 0 Å². The van der Waals surface area contributed by atoms with Crippen LogP contribution in [-0.4, -0.2) is 24.5 Å². The zero-order valence-electron chi connectivity index (χ0n) is 12.9. The summed E-state index contributed by atoms with van der Waals surface area (Å²) in [5, 5.41) is 0. The molecule has 0 rings (SSSR count). The summed E-state index contributed by atoms with van der Waals surface area (Å²) >= 11 is 0. The maximum absolute atomic E-state index is 2.46. The van der Waals surface area contributed by atoms with E-state index in [2.05, 4.69) is 52.6 Å². The fourth-order valence-corrected chi connectivity index (χ4v) is 2.16. The molecule has 1 heteroatoms. The summed E-state index contributed by atoms with van der Waals surface area (Å²) < 4.78 is 0. The van der Waals surface area contributed by atoms with Crippen molar-refractivity contribution in [3.05, 3.63) is 11.6 Å². The standard InChI is InChI=1S/C16H33N/c1-7-9-16(8-2)11-10-15(5)17(6)13-12-14(3)4/h12,15-16H,7-11,13H2,1-6H3/t15-,16?/m1/s1. The van der Waals surface area contributed by atoms with Crippen LogP contribution in [0.15, 0.2) is 11.6 Å². The first-order chi connectivity index (χ1) is 8.01. The molecule has 1 nitrogen and oxygen atoms in total. The highest BCUT2D eigenvalue weighted by molar-refractivity contribution is 4.95. The van der Waals surface area contributed by atoms with Crippen LogP contribution in [0.1, 0.15) is 66.7 Å². The van der Waals surface area contributed by atoms with E-state index in [1.165, 1.54) is 37.7 Å². The summed E-state index contributed by atoms with van der Waals surface area (Å²) in [7, 11) is 2.24. The highest BCUT2D eigenvalue weighted by atomic mass is 15.1. The predicted molar refractivity (Wildman–Crippen MR) is 79.4 cm³/mol. The van der Waals surface area contributed by atoms with Gasteiger partial charge in [-0.05, 0) is 46.6 Å². The summed E-state index contributed by atoms with van der Waals surface area (Å²) in [6.07, 6.45) is 9.13. The Balaban J connectivity index is 3.90. The van der Waals surface area contributed by atoms with Crippen molar-refractivity contribution in [2.45, 2.75) is 72.8 Å². The van der Waals surface area contributed by atoms with Crippen molar-refractivity contribution in [1.29, 1.82) is 0 Å². The zero-order valence-corrected chi connectivity index (χ0v) is 12.9. The van der Waals surface area contributed by atoms with E-state index in [0.29, 0.717) is 6.04 Å². The van der Waals surface area contributed by atoms with Crippen LogP contribution in [0.2, 0.25) is 0 Å². The van der Waals surface area contributed by atoms with Crippen LogP contribution in [0.4, 0.5) is 0 Å². The SMILES string of the molecule is CCCC(CC)CC[C@@H](C)N(C)CC=C(C)C. The minimum atomic E-state index is 0.705. The lowest BCUT2D eigenvalue weighted by Gasteiger charge is -2.25. The van der Waals surface area contributed by atoms with Gasteiger partial charge in [0.05, 0.1) is 0 Å². The van der Waals surface area contributed by atoms with Gasteiger partial charge in [-0.3, -0.25) is 0 Å². The normalized spacial score (nSPS) is 14.8. The Kier molecular flexibility index (Phi) is 9.53. The maximum Gasteiger partial charge on any atom is 0.0165 e. The molecular formula is C16H33N. The Hall–Kier alpha value is -0.300. The van der Waals surface area contributed by atoms with Crippen molar-refractivity contribution >= 4 is 0 Å². The van der Waals surface area contributed by atoms with Crippen LogP contribution in [0.3, 0.4) is 0 Å². The lowest BCUT2D eigenvalue weighted by Crippen LogP contribution is -2.29. The van der Waals surface area contributed by atoms with E-state index in [4.69, 9.17) is 0 Å². The Bertz CT molecular complexity index is 204. The third-order valence-corrected chi connectivity index (χ3v) is 3.81. The van der Waals surface area contributed by atoms with E-state index < -0.39 is 0 Å². The molecule has 102 valence electrons. The van der Waals surface area contributed by atoms with Gasteiger partial charge in [0.15, 0.2) is 0 Å². The number of allylic oxidation sites excluding steroid dienone is 1. The fraction of sp³-hybridized carbons (Fsp3) is 0.875. The van der Waals surface area contributed by atoms with E-state index in [1.54, 1.807) is 0 Å². The van der Waals surface area contributed by atoms with E-state index >= 15 is 0 Å². The van der Waals surface area contributed by atoms with Crippen molar-refractivity contribution in [2.75, 3.05) is 13.6 Å². The van der Waals surface area contributed by atoms with Gasteiger partial charge in [-0.25, -0.2) is 0 Å². The molecule has 0 aliphatic heterocycles. The third-order valence-electron chi connectivity index (χ3n) is 3.81. The van der Waals surface area contributed by atoms with Gasteiger partial charge in [-0.1, -0.05) is 44.8 Å². The van der Waals surface area contributed by atoms with E-state index in [-0.39, 0.29) is 0 Å². The molecule has 0 aromatic heterocycles. The first-order valence-electron chi connectivity index (χ1n) is 7.34. The van der Waals surface area contributed by atoms with Crippen LogP contribution in [0.5, 0.6) is 0 Å². The van der Waals surface area contributed by atoms with Gasteiger partial charge >= 0.3 is 0 Å². The molecule has 0 amide bonds. The molecule has 0 heterocycles. The summed E-state index contributed by atoms with van der Waals surface area (Å²) in [6, 6.07) is 0.705. The van der Waals surface area contributed by atoms with Crippen molar-refractivity contribution in [3.63, 3.8) is 0 Å². The quantitative estimate of drug-likeness (QED) is 0.518. The largest absolute Gasteiger partial charge is 0.300 e. The molecule has 0 aromatic carbocycles. The van der Waals surface area contributed by atoms with Crippen LogP contribution in [0.25, 0.3) is 0 Å². The summed E-state index contributed by atoms with van der Waals surface area (Å²) in [4.78, 5) is 2.46. The first-order valence-corrected chi connectivity index (χ1v) is 7.34. The molecular weight excluding hydrogens is 206 g/mol. The van der Waals surface area contributed by atoms with Crippen molar-refractivity contribution < 1.29 is 0 Å². The second-order valence-corrected chi connectivity index (χ2v) is 5.71. The van der Waals surface area contributed by atoms with Gasteiger partial charge in [0, 0.05) is 12.6 Å². The second kappa shape index (κ2) is 9.70. The highest BCUT2D eigenvalue weighted by Gasteiger charge is 2.11. The van der Waals surface area contributed by atoms with Crippen molar-refractivity contribution in [1.82, 2.24) is 4.90 Å². The lowest BCUT2D eigenvalue weighted by molar-refractivity contribution is 0.249. The van der Waals surface area contributed by atoms with Crippen LogP contribution in [0, 0.1) is 5.92 Å². The Morgan fingerprint density at radius 2 is 1.76 bits per heavy atom. The summed E-state index contributed by atoms with van der Waals surface area (Å²) in [5.41, 5.74) is 1.42. The Labute approximate surface area is 109 Å². The number of hydrogen-bond acceptors (Lipinski definition) is 1. The van der Waals surface area contributed by atoms with Crippen LogP contribution in [-0.2, 0) is 0 Å². The van der Waals surface area contributed by atoms with Crippen LogP contribution >= 0.6 is 0 Å². The van der Waals surface area contributed by atoms with Crippen LogP contribution < -0.4 is 0 Å². The maximum atomic E-state index is 2.46. The molecule has 0 saturated carbocycles. The smallest absolute Gasteiger partial charge is 0.0165 e. The molecule has 0 aliphatic carbocycles. The highest BCUT2D eigenvalue weighted by Crippen LogP contribution is 2.19. The van der Waals surface area contributed by atoms with Gasteiger partial charge in [0.2, 0.25) is 0 Å². The minimum absolute atomic E-state index is 0.705. The van der Waals surface area contributed by atoms with Crippen molar-refractivity contribution in [2.24, 2.45) is 5.92 Å². The Morgan fingerprint density at radius 1 is 1.12 bits per heavy atom. The molecule has 2 atom stereocenters. The summed E-state index contributed by atoms with van der Waals surface area (Å²) in [5.74, 6) is 0.944. The monoisotopic (exact) mass is 239 g/mol. The van der Waals surface area contributed by atoms with Gasteiger partial charge in [-0.2, -0.15) is 0 Å². The van der Waals surface area contributed by atoms with Gasteiger partial charge in [-0.15, -0.1) is 0 Å². The molecule has 17 heavy (non-hydrogen) atoms. The third kappa shape index (κ3) is 8.43. The first kappa shape index (κ1) is 16.7. The minimum Gasteiger partial charge on any atom is -0.300 e. The lowest BCUT2D eigenvalue weighted by atomic mass is 9.93. The van der Waals surface area contributed by atoms with E-state index in [0.717, 1.165) is 12.5 Å². The van der Waals surface area contributed by atoms with E-state index in [1.807, 2.05) is 0 Å². The van der Waals surface area contributed by atoms with Gasteiger partial charge < -0.3 is 4.90 Å². The molecule has 0 spiro atoms. The molecule has 0 bridgehead atoms. The Morgan fingerprint density at radius 3 is 2.24 bits per heavy atom. The predicted octanol–water partition coefficient (Wildman–Crippen LogP) is 4.88. The van der Waals surface area contributed by atoms with Crippen molar-refractivity contribution in [3.8, 4) is 0 Å². The number of likely N-dealkylation sites (N-methyl/N-ethyl adjacent to an activating group) is 1. The molecule has 0 N–H and O–H groups in total. The topological polar surface area (TPSA) is 3.24 Å². The fourth-order valence-electron chi connectivity index (χ4n) is 2.16. The molecule has 0 aromatic rings. The van der Waals surface area contributed by atoms with Gasteiger partial charge in [0.25, 0.3) is 0 Å². The number of hydrogen-bond donors (Lipinski definition) is 0. The molecule has 0 radical (unpaired) electrons. The molecule has 0 fully saturated rings. The molecule has 0 saturated heterocycles.